The summed E-state index contributed by atoms with van der Waals surface area (Å²) < 4.78 is 19.0. The molecule has 114 valence electrons. The zero-order valence-electron chi connectivity index (χ0n) is 11.8. The molecule has 0 bridgehead atoms. The van der Waals surface area contributed by atoms with Crippen molar-refractivity contribution in [2.24, 2.45) is 5.73 Å². The van der Waals surface area contributed by atoms with Crippen LogP contribution in [-0.4, -0.2) is 16.6 Å². The molecule has 1 aromatic carbocycles. The zero-order valence-corrected chi connectivity index (χ0v) is 12.6. The summed E-state index contributed by atoms with van der Waals surface area (Å²) >= 11 is 5.85. The molecule has 0 aliphatic heterocycles. The van der Waals surface area contributed by atoms with E-state index < -0.39 is 11.9 Å². The molecule has 3 rings (SSSR count). The molecule has 0 saturated carbocycles. The summed E-state index contributed by atoms with van der Waals surface area (Å²) in [5.74, 6) is 0.209. The Balaban J connectivity index is 2.27. The van der Waals surface area contributed by atoms with E-state index in [1.54, 1.807) is 12.1 Å². The summed E-state index contributed by atoms with van der Waals surface area (Å²) in [6, 6.07) is 7.90. The SMILES string of the molecule is Cc1cc2cc(C(O)CN)nc(-c3ccc(F)c(Cl)c3)c2o1. The zero-order chi connectivity index (χ0) is 15.9. The molecule has 0 radical (unpaired) electrons. The lowest BCUT2D eigenvalue weighted by atomic mass is 10.1. The maximum Gasteiger partial charge on any atom is 0.160 e. The van der Waals surface area contributed by atoms with Gasteiger partial charge in [0.05, 0.1) is 10.7 Å². The maximum absolute atomic E-state index is 13.4. The highest BCUT2D eigenvalue weighted by Gasteiger charge is 2.17. The number of hydrogen-bond donors (Lipinski definition) is 2. The second-order valence-electron chi connectivity index (χ2n) is 5.05. The van der Waals surface area contributed by atoms with Crippen molar-refractivity contribution in [1.82, 2.24) is 4.98 Å². The van der Waals surface area contributed by atoms with Crippen molar-refractivity contribution in [2.45, 2.75) is 13.0 Å². The van der Waals surface area contributed by atoms with Gasteiger partial charge in [0, 0.05) is 17.5 Å². The van der Waals surface area contributed by atoms with Gasteiger partial charge in [-0.3, -0.25) is 0 Å². The van der Waals surface area contributed by atoms with E-state index in [-0.39, 0.29) is 11.6 Å². The quantitative estimate of drug-likeness (QED) is 0.773. The topological polar surface area (TPSA) is 72.3 Å². The third kappa shape index (κ3) is 2.59. The van der Waals surface area contributed by atoms with Crippen LogP contribution in [0.15, 0.2) is 34.7 Å². The van der Waals surface area contributed by atoms with Gasteiger partial charge in [0.1, 0.15) is 23.4 Å². The standard InChI is InChI=1S/C16H14ClFN2O2/c1-8-4-10-6-13(14(21)7-19)20-15(16(10)22-8)9-2-3-12(18)11(17)5-9/h2-6,14,21H,7,19H2,1H3. The Labute approximate surface area is 131 Å². The van der Waals surface area contributed by atoms with Crippen LogP contribution in [0.1, 0.15) is 17.6 Å². The van der Waals surface area contributed by atoms with E-state index in [1.165, 1.54) is 12.1 Å². The second kappa shape index (κ2) is 5.68. The smallest absolute Gasteiger partial charge is 0.160 e. The van der Waals surface area contributed by atoms with E-state index in [9.17, 15) is 9.50 Å². The number of hydrogen-bond acceptors (Lipinski definition) is 4. The van der Waals surface area contributed by atoms with Crippen LogP contribution in [0, 0.1) is 12.7 Å². The Hall–Kier alpha value is -1.95. The molecule has 0 aliphatic rings. The molecule has 6 heteroatoms. The number of furan rings is 1. The number of aliphatic hydroxyl groups excluding tert-OH is 1. The fraction of sp³-hybridized carbons (Fsp3) is 0.188. The van der Waals surface area contributed by atoms with Gasteiger partial charge in [-0.25, -0.2) is 9.37 Å². The molecule has 4 nitrogen and oxygen atoms in total. The molecule has 3 N–H and O–H groups in total. The van der Waals surface area contributed by atoms with Crippen LogP contribution in [0.4, 0.5) is 4.39 Å². The van der Waals surface area contributed by atoms with Crippen molar-refractivity contribution in [2.75, 3.05) is 6.54 Å². The molecule has 0 spiro atoms. The van der Waals surface area contributed by atoms with E-state index in [1.807, 2.05) is 13.0 Å². The van der Waals surface area contributed by atoms with Crippen molar-refractivity contribution in [3.63, 3.8) is 0 Å². The summed E-state index contributed by atoms with van der Waals surface area (Å²) in [6.07, 6.45) is -0.880. The minimum absolute atomic E-state index is 0.000467. The predicted molar refractivity (Wildman–Crippen MR) is 83.2 cm³/mol. The van der Waals surface area contributed by atoms with Crippen molar-refractivity contribution >= 4 is 22.6 Å². The first-order valence-electron chi connectivity index (χ1n) is 6.74. The molecule has 0 aliphatic carbocycles. The molecular weight excluding hydrogens is 307 g/mol. The first-order valence-corrected chi connectivity index (χ1v) is 7.12. The average Bonchev–Trinajstić information content (AvgIpc) is 2.88. The summed E-state index contributed by atoms with van der Waals surface area (Å²) in [6.45, 7) is 1.87. The highest BCUT2D eigenvalue weighted by molar-refractivity contribution is 6.31. The lowest BCUT2D eigenvalue weighted by Gasteiger charge is -2.10. The fourth-order valence-electron chi connectivity index (χ4n) is 2.33. The van der Waals surface area contributed by atoms with E-state index >= 15 is 0 Å². The normalized spacial score (nSPS) is 12.8. The molecule has 0 saturated heterocycles. The number of fused-ring (bicyclic) bond motifs is 1. The Kier molecular flexibility index (Phi) is 3.87. The summed E-state index contributed by atoms with van der Waals surface area (Å²) in [4.78, 5) is 4.42. The number of pyridine rings is 1. The number of aryl methyl sites for hydroxylation is 1. The molecule has 1 unspecified atom stereocenters. The van der Waals surface area contributed by atoms with Crippen LogP contribution < -0.4 is 5.73 Å². The van der Waals surface area contributed by atoms with E-state index in [0.717, 1.165) is 5.39 Å². The largest absolute Gasteiger partial charge is 0.459 e. The van der Waals surface area contributed by atoms with Crippen LogP contribution in [0.5, 0.6) is 0 Å². The summed E-state index contributed by atoms with van der Waals surface area (Å²) in [5, 5.41) is 10.8. The third-order valence-corrected chi connectivity index (χ3v) is 3.69. The van der Waals surface area contributed by atoms with Gasteiger partial charge in [0.15, 0.2) is 5.58 Å². The van der Waals surface area contributed by atoms with Gasteiger partial charge in [0.2, 0.25) is 0 Å². The van der Waals surface area contributed by atoms with Crippen LogP contribution in [0.2, 0.25) is 5.02 Å². The molecule has 2 heterocycles. The van der Waals surface area contributed by atoms with E-state index in [2.05, 4.69) is 4.98 Å². The minimum Gasteiger partial charge on any atom is -0.459 e. The first kappa shape index (κ1) is 15.0. The molecule has 0 amide bonds. The van der Waals surface area contributed by atoms with Gasteiger partial charge in [-0.05, 0) is 37.3 Å². The number of aliphatic hydroxyl groups is 1. The van der Waals surface area contributed by atoms with Gasteiger partial charge in [-0.1, -0.05) is 11.6 Å². The van der Waals surface area contributed by atoms with Gasteiger partial charge < -0.3 is 15.3 Å². The molecular formula is C16H14ClFN2O2. The van der Waals surface area contributed by atoms with Gasteiger partial charge in [0.25, 0.3) is 0 Å². The number of aromatic nitrogens is 1. The monoisotopic (exact) mass is 320 g/mol. The van der Waals surface area contributed by atoms with Crippen molar-refractivity contribution in [3.05, 3.63) is 52.6 Å². The second-order valence-corrected chi connectivity index (χ2v) is 5.46. The molecule has 1 atom stereocenters. The molecule has 0 fully saturated rings. The highest BCUT2D eigenvalue weighted by Crippen LogP contribution is 2.33. The minimum atomic E-state index is -0.880. The first-order chi connectivity index (χ1) is 10.5. The van der Waals surface area contributed by atoms with Crippen LogP contribution in [0.3, 0.4) is 0 Å². The molecule has 22 heavy (non-hydrogen) atoms. The van der Waals surface area contributed by atoms with Gasteiger partial charge in [-0.15, -0.1) is 0 Å². The average molecular weight is 321 g/mol. The van der Waals surface area contributed by atoms with Crippen molar-refractivity contribution in [3.8, 4) is 11.3 Å². The maximum atomic E-state index is 13.4. The lowest BCUT2D eigenvalue weighted by Crippen LogP contribution is -2.13. The van der Waals surface area contributed by atoms with Crippen LogP contribution in [-0.2, 0) is 0 Å². The van der Waals surface area contributed by atoms with E-state index in [4.69, 9.17) is 21.8 Å². The highest BCUT2D eigenvalue weighted by atomic mass is 35.5. The summed E-state index contributed by atoms with van der Waals surface area (Å²) in [7, 11) is 0. The third-order valence-electron chi connectivity index (χ3n) is 3.40. The van der Waals surface area contributed by atoms with Gasteiger partial charge >= 0.3 is 0 Å². The Morgan fingerprint density at radius 2 is 2.14 bits per heavy atom. The number of rotatable bonds is 3. The lowest BCUT2D eigenvalue weighted by molar-refractivity contribution is 0.182. The fourth-order valence-corrected chi connectivity index (χ4v) is 2.51. The summed E-state index contributed by atoms with van der Waals surface area (Å²) in [5.41, 5.74) is 7.60. The Morgan fingerprint density at radius 3 is 2.82 bits per heavy atom. The van der Waals surface area contributed by atoms with Crippen LogP contribution in [0.25, 0.3) is 22.2 Å². The number of benzene rings is 1. The predicted octanol–water partition coefficient (Wildman–Crippen LogP) is 3.59. The molecule has 2 aromatic heterocycles. The Bertz CT molecular complexity index is 848. The molecule has 3 aromatic rings. The van der Waals surface area contributed by atoms with Crippen molar-refractivity contribution < 1.29 is 13.9 Å². The number of halogens is 2. The number of nitrogens with two attached hydrogens (primary N) is 1. The van der Waals surface area contributed by atoms with Crippen LogP contribution >= 0.6 is 11.6 Å². The number of nitrogens with zero attached hydrogens (tertiary/aromatic N) is 1. The van der Waals surface area contributed by atoms with Gasteiger partial charge in [-0.2, -0.15) is 0 Å². The van der Waals surface area contributed by atoms with Crippen molar-refractivity contribution in [1.29, 1.82) is 0 Å². The van der Waals surface area contributed by atoms with E-state index in [0.29, 0.717) is 28.3 Å². The Morgan fingerprint density at radius 1 is 1.36 bits per heavy atom.